The molecule has 2 aromatic rings. The van der Waals surface area contributed by atoms with Crippen LogP contribution in [0.2, 0.25) is 0 Å². The van der Waals surface area contributed by atoms with E-state index in [2.05, 4.69) is 5.32 Å². The van der Waals surface area contributed by atoms with Crippen molar-refractivity contribution in [3.8, 4) is 0 Å². The first-order chi connectivity index (χ1) is 9.10. The number of hydrogen-bond donors (Lipinski definition) is 1. The summed E-state index contributed by atoms with van der Waals surface area (Å²) >= 11 is 0. The molecule has 100 valence electrons. The van der Waals surface area contributed by atoms with Crippen LogP contribution in [-0.2, 0) is 6.42 Å². The lowest BCUT2D eigenvalue weighted by Crippen LogP contribution is -2.20. The van der Waals surface area contributed by atoms with E-state index in [-0.39, 0.29) is 17.7 Å². The van der Waals surface area contributed by atoms with E-state index < -0.39 is 0 Å². The van der Waals surface area contributed by atoms with E-state index in [9.17, 15) is 8.78 Å². The molecule has 2 rings (SSSR count). The van der Waals surface area contributed by atoms with Gasteiger partial charge in [-0.05, 0) is 44.2 Å². The molecule has 1 unspecified atom stereocenters. The van der Waals surface area contributed by atoms with Crippen LogP contribution in [-0.4, -0.2) is 7.05 Å². The summed E-state index contributed by atoms with van der Waals surface area (Å²) in [5.41, 5.74) is 2.47. The Hall–Kier alpha value is -1.74. The van der Waals surface area contributed by atoms with Gasteiger partial charge in [0.25, 0.3) is 0 Å². The number of nitrogens with one attached hydrogen (secondary N) is 1. The normalized spacial score (nSPS) is 12.4. The fourth-order valence-electron chi connectivity index (χ4n) is 2.20. The van der Waals surface area contributed by atoms with Crippen LogP contribution in [0.1, 0.15) is 22.7 Å². The van der Waals surface area contributed by atoms with Crippen molar-refractivity contribution in [1.82, 2.24) is 5.32 Å². The molecule has 0 fully saturated rings. The molecule has 1 N–H and O–H groups in total. The molecule has 0 spiro atoms. The molecule has 1 atom stereocenters. The quantitative estimate of drug-likeness (QED) is 0.883. The van der Waals surface area contributed by atoms with Crippen molar-refractivity contribution in [1.29, 1.82) is 0 Å². The van der Waals surface area contributed by atoms with E-state index in [1.54, 1.807) is 19.2 Å². The Kier molecular flexibility index (Phi) is 4.27. The van der Waals surface area contributed by atoms with Crippen molar-refractivity contribution in [2.75, 3.05) is 7.05 Å². The molecule has 0 bridgehead atoms. The Morgan fingerprint density at radius 2 is 1.89 bits per heavy atom. The average molecular weight is 261 g/mol. The van der Waals surface area contributed by atoms with Gasteiger partial charge in [0.15, 0.2) is 0 Å². The molecular formula is C16H17F2N. The molecule has 0 heterocycles. The lowest BCUT2D eigenvalue weighted by molar-refractivity contribution is 0.532. The lowest BCUT2D eigenvalue weighted by atomic mass is 9.97. The first-order valence-electron chi connectivity index (χ1n) is 6.28. The van der Waals surface area contributed by atoms with Crippen LogP contribution in [0.4, 0.5) is 8.78 Å². The van der Waals surface area contributed by atoms with Gasteiger partial charge >= 0.3 is 0 Å². The summed E-state index contributed by atoms with van der Waals surface area (Å²) in [4.78, 5) is 0. The van der Waals surface area contributed by atoms with Crippen molar-refractivity contribution < 1.29 is 8.78 Å². The van der Waals surface area contributed by atoms with Gasteiger partial charge in [0.05, 0.1) is 0 Å². The van der Waals surface area contributed by atoms with E-state index in [4.69, 9.17) is 0 Å². The topological polar surface area (TPSA) is 12.0 Å². The van der Waals surface area contributed by atoms with Gasteiger partial charge in [-0.3, -0.25) is 0 Å². The largest absolute Gasteiger partial charge is 0.313 e. The summed E-state index contributed by atoms with van der Waals surface area (Å²) in [6, 6.07) is 11.3. The fraction of sp³-hybridized carbons (Fsp3) is 0.250. The molecule has 0 aliphatic heterocycles. The van der Waals surface area contributed by atoms with Gasteiger partial charge in [0.1, 0.15) is 11.6 Å². The first kappa shape index (κ1) is 13.7. The zero-order chi connectivity index (χ0) is 13.8. The Balaban J connectivity index is 2.27. The Labute approximate surface area is 112 Å². The molecule has 0 amide bonds. The second kappa shape index (κ2) is 5.93. The molecule has 0 aliphatic rings. The predicted molar refractivity (Wildman–Crippen MR) is 73.0 cm³/mol. The number of likely N-dealkylation sites (N-methyl/N-ethyl adjacent to an activating group) is 1. The average Bonchev–Trinajstić information content (AvgIpc) is 2.39. The highest BCUT2D eigenvalue weighted by molar-refractivity contribution is 5.29. The van der Waals surface area contributed by atoms with Crippen molar-refractivity contribution >= 4 is 0 Å². The first-order valence-corrected chi connectivity index (χ1v) is 6.28. The number of rotatable bonds is 4. The number of benzene rings is 2. The third-order valence-electron chi connectivity index (χ3n) is 3.20. The summed E-state index contributed by atoms with van der Waals surface area (Å²) in [6.45, 7) is 1.93. The third-order valence-corrected chi connectivity index (χ3v) is 3.20. The Morgan fingerprint density at radius 1 is 1.11 bits per heavy atom. The molecule has 1 nitrogen and oxygen atoms in total. The highest BCUT2D eigenvalue weighted by atomic mass is 19.1. The summed E-state index contributed by atoms with van der Waals surface area (Å²) in [5.74, 6) is -0.501. The van der Waals surface area contributed by atoms with Crippen LogP contribution >= 0.6 is 0 Å². The summed E-state index contributed by atoms with van der Waals surface area (Å²) in [6.07, 6.45) is 0.550. The van der Waals surface area contributed by atoms with Gasteiger partial charge in [0, 0.05) is 11.6 Å². The van der Waals surface area contributed by atoms with Crippen LogP contribution in [0.25, 0.3) is 0 Å². The van der Waals surface area contributed by atoms with Gasteiger partial charge in [-0.25, -0.2) is 8.78 Å². The molecule has 0 saturated carbocycles. The number of hydrogen-bond acceptors (Lipinski definition) is 1. The minimum atomic E-state index is -0.267. The predicted octanol–water partition coefficient (Wildman–Crippen LogP) is 3.78. The maximum atomic E-state index is 13.9. The molecule has 0 aliphatic carbocycles. The monoisotopic (exact) mass is 261 g/mol. The summed E-state index contributed by atoms with van der Waals surface area (Å²) < 4.78 is 27.0. The lowest BCUT2D eigenvalue weighted by Gasteiger charge is -2.18. The smallest absolute Gasteiger partial charge is 0.128 e. The van der Waals surface area contributed by atoms with Crippen LogP contribution in [0.15, 0.2) is 42.5 Å². The highest BCUT2D eigenvalue weighted by Gasteiger charge is 2.15. The van der Waals surface area contributed by atoms with E-state index in [0.29, 0.717) is 12.0 Å². The third kappa shape index (κ3) is 3.38. The van der Waals surface area contributed by atoms with Crippen LogP contribution in [0.3, 0.4) is 0 Å². The van der Waals surface area contributed by atoms with Crippen molar-refractivity contribution in [2.45, 2.75) is 19.4 Å². The van der Waals surface area contributed by atoms with Gasteiger partial charge < -0.3 is 5.32 Å². The maximum absolute atomic E-state index is 13.9. The van der Waals surface area contributed by atoms with Crippen molar-refractivity contribution in [3.63, 3.8) is 0 Å². The van der Waals surface area contributed by atoms with Gasteiger partial charge in [-0.2, -0.15) is 0 Å². The SMILES string of the molecule is CNC(Cc1cccc(F)c1)c1cc(C)ccc1F. The molecule has 0 saturated heterocycles. The zero-order valence-corrected chi connectivity index (χ0v) is 11.1. The highest BCUT2D eigenvalue weighted by Crippen LogP contribution is 2.22. The minimum absolute atomic E-state index is 0.165. The molecule has 3 heteroatoms. The summed E-state index contributed by atoms with van der Waals surface area (Å²) in [7, 11) is 1.78. The van der Waals surface area contributed by atoms with Gasteiger partial charge in [-0.1, -0.05) is 29.8 Å². The second-order valence-electron chi connectivity index (χ2n) is 4.70. The van der Waals surface area contributed by atoms with Gasteiger partial charge in [-0.15, -0.1) is 0 Å². The fourth-order valence-corrected chi connectivity index (χ4v) is 2.20. The zero-order valence-electron chi connectivity index (χ0n) is 11.1. The molecular weight excluding hydrogens is 244 g/mol. The van der Waals surface area contributed by atoms with E-state index >= 15 is 0 Å². The van der Waals surface area contributed by atoms with E-state index in [0.717, 1.165) is 11.1 Å². The van der Waals surface area contributed by atoms with E-state index in [1.165, 1.54) is 18.2 Å². The number of aryl methyl sites for hydroxylation is 1. The van der Waals surface area contributed by atoms with Crippen LogP contribution < -0.4 is 5.32 Å². The van der Waals surface area contributed by atoms with E-state index in [1.807, 2.05) is 19.1 Å². The Morgan fingerprint density at radius 3 is 2.58 bits per heavy atom. The number of halogens is 2. The second-order valence-corrected chi connectivity index (χ2v) is 4.70. The van der Waals surface area contributed by atoms with Crippen molar-refractivity contribution in [2.24, 2.45) is 0 Å². The molecule has 0 radical (unpaired) electrons. The maximum Gasteiger partial charge on any atom is 0.128 e. The van der Waals surface area contributed by atoms with Gasteiger partial charge in [0.2, 0.25) is 0 Å². The minimum Gasteiger partial charge on any atom is -0.313 e. The summed E-state index contributed by atoms with van der Waals surface area (Å²) in [5, 5.41) is 3.09. The van der Waals surface area contributed by atoms with Crippen LogP contribution in [0, 0.1) is 18.6 Å². The molecule has 19 heavy (non-hydrogen) atoms. The standard InChI is InChI=1S/C16H17F2N/c1-11-6-7-15(18)14(8-11)16(19-2)10-12-4-3-5-13(17)9-12/h3-9,16,19H,10H2,1-2H3. The Bertz CT molecular complexity index is 566. The molecule has 2 aromatic carbocycles. The van der Waals surface area contributed by atoms with Crippen LogP contribution in [0.5, 0.6) is 0 Å². The van der Waals surface area contributed by atoms with Crippen molar-refractivity contribution in [3.05, 3.63) is 70.8 Å². The molecule has 0 aromatic heterocycles.